The van der Waals surface area contributed by atoms with Gasteiger partial charge in [-0.15, -0.1) is 0 Å². The van der Waals surface area contributed by atoms with Crippen LogP contribution in [0.25, 0.3) is 5.57 Å². The van der Waals surface area contributed by atoms with Crippen LogP contribution in [0.3, 0.4) is 0 Å². The van der Waals surface area contributed by atoms with Gasteiger partial charge in [0.2, 0.25) is 5.36 Å². The van der Waals surface area contributed by atoms with Gasteiger partial charge in [-0.2, -0.15) is 0 Å². The average molecular weight is 442 g/mol. The molecule has 3 aromatic rings. The molecule has 2 N–H and O–H groups in total. The second kappa shape index (κ2) is 7.11. The Morgan fingerprint density at radius 3 is 2.52 bits per heavy atom. The van der Waals surface area contributed by atoms with Crippen molar-refractivity contribution in [2.24, 2.45) is 0 Å². The number of anilines is 1. The van der Waals surface area contributed by atoms with E-state index in [4.69, 9.17) is 9.47 Å². The molecule has 6 nitrogen and oxygen atoms in total. The van der Waals surface area contributed by atoms with Crippen LogP contribution in [-0.2, 0) is 0 Å². The van der Waals surface area contributed by atoms with Crippen molar-refractivity contribution in [3.63, 3.8) is 0 Å². The highest BCUT2D eigenvalue weighted by atomic mass is 16.5. The van der Waals surface area contributed by atoms with Crippen LogP contribution in [0.15, 0.2) is 48.5 Å². The quantitative estimate of drug-likeness (QED) is 0.391. The molecular weight excluding hydrogens is 415 g/mol. The molecular formula is C26H27BN2O4. The Hall–Kier alpha value is -3.29. The van der Waals surface area contributed by atoms with Crippen LogP contribution in [0.5, 0.6) is 11.5 Å². The zero-order chi connectivity index (χ0) is 22.9. The highest BCUT2D eigenvalue weighted by Crippen LogP contribution is 2.36. The molecule has 0 spiro atoms. The monoisotopic (exact) mass is 442 g/mol. The molecule has 0 bridgehead atoms. The summed E-state index contributed by atoms with van der Waals surface area (Å²) in [5, 5.41) is 25.5. The molecule has 33 heavy (non-hydrogen) atoms. The number of likely N-dealkylation sites (N-methyl/N-ethyl adjacent to an activating group) is 2. The zero-order valence-electron chi connectivity index (χ0n) is 19.1. The predicted molar refractivity (Wildman–Crippen MR) is 131 cm³/mol. The highest BCUT2D eigenvalue weighted by Gasteiger charge is 2.41. The van der Waals surface area contributed by atoms with Crippen LogP contribution in [0.2, 0.25) is 0 Å². The summed E-state index contributed by atoms with van der Waals surface area (Å²) >= 11 is 0. The van der Waals surface area contributed by atoms with Gasteiger partial charge in [-0.05, 0) is 40.5 Å². The summed E-state index contributed by atoms with van der Waals surface area (Å²) in [5.74, 6) is 1.09. The average Bonchev–Trinajstić information content (AvgIpc) is 2.80. The second-order valence-corrected chi connectivity index (χ2v) is 9.26. The minimum Gasteiger partial charge on any atom is -0.576 e. The van der Waals surface area contributed by atoms with Gasteiger partial charge in [0.25, 0.3) is 0 Å². The number of aryl methyl sites for hydroxylation is 1. The molecule has 7 heteroatoms. The first-order valence-corrected chi connectivity index (χ1v) is 11.5. The molecule has 6 rings (SSSR count). The maximum Gasteiger partial charge on any atom is 0.302 e. The van der Waals surface area contributed by atoms with E-state index in [2.05, 4.69) is 28.5 Å². The molecule has 3 heterocycles. The van der Waals surface area contributed by atoms with E-state index in [0.717, 1.165) is 51.6 Å². The Bertz CT molecular complexity index is 1450. The van der Waals surface area contributed by atoms with Crippen molar-refractivity contribution < 1.29 is 19.5 Å². The molecule has 3 aromatic carbocycles. The number of ether oxygens (including phenoxy) is 2. The third-order valence-corrected chi connectivity index (χ3v) is 7.28. The lowest BCUT2D eigenvalue weighted by Gasteiger charge is -2.42. The smallest absolute Gasteiger partial charge is 0.302 e. The second-order valence-electron chi connectivity index (χ2n) is 9.26. The highest BCUT2D eigenvalue weighted by molar-refractivity contribution is 6.93. The third kappa shape index (κ3) is 2.79. The molecule has 0 atom stereocenters. The topological polar surface area (TPSA) is 65.2 Å². The SMILES string of the molecule is Cc1ccccc1C1=c2ccc3c(c2[B-](O)(O)c2c1ccc1c2OCCN1C)OCC[N+]=3C. The summed E-state index contributed by atoms with van der Waals surface area (Å²) in [7, 11) is 4.00. The minimum atomic E-state index is -3.13. The van der Waals surface area contributed by atoms with E-state index in [1.807, 2.05) is 50.5 Å². The van der Waals surface area contributed by atoms with E-state index in [1.165, 1.54) is 0 Å². The lowest BCUT2D eigenvalue weighted by atomic mass is 9.42. The normalized spacial score (nSPS) is 17.9. The molecule has 0 aromatic heterocycles. The van der Waals surface area contributed by atoms with Gasteiger partial charge in [-0.3, -0.25) is 0 Å². The number of hydrogen-bond donors (Lipinski definition) is 2. The summed E-state index contributed by atoms with van der Waals surface area (Å²) in [6.45, 7) is 1.43. The Morgan fingerprint density at radius 2 is 1.70 bits per heavy atom. The molecule has 3 aliphatic heterocycles. The van der Waals surface area contributed by atoms with Gasteiger partial charge < -0.3 is 24.4 Å². The van der Waals surface area contributed by atoms with E-state index in [9.17, 15) is 10.0 Å². The first-order valence-electron chi connectivity index (χ1n) is 11.5. The minimum absolute atomic E-state index is 0.440. The molecule has 0 saturated heterocycles. The van der Waals surface area contributed by atoms with Crippen molar-refractivity contribution in [1.29, 1.82) is 0 Å². The van der Waals surface area contributed by atoms with Gasteiger partial charge in [-0.25, -0.2) is 4.58 Å². The third-order valence-electron chi connectivity index (χ3n) is 7.28. The van der Waals surface area contributed by atoms with Crippen molar-refractivity contribution in [3.05, 3.63) is 75.8 Å². The van der Waals surface area contributed by atoms with E-state index >= 15 is 0 Å². The number of fused-ring (bicyclic) bond motifs is 6. The summed E-state index contributed by atoms with van der Waals surface area (Å²) in [6.07, 6.45) is 0. The van der Waals surface area contributed by atoms with Gasteiger partial charge >= 0.3 is 6.55 Å². The van der Waals surface area contributed by atoms with Gasteiger partial charge in [0.1, 0.15) is 26.0 Å². The van der Waals surface area contributed by atoms with Crippen molar-refractivity contribution in [1.82, 2.24) is 4.58 Å². The first-order chi connectivity index (χ1) is 15.9. The summed E-state index contributed by atoms with van der Waals surface area (Å²) in [6, 6.07) is 16.2. The fourth-order valence-electron chi connectivity index (χ4n) is 5.56. The fourth-order valence-corrected chi connectivity index (χ4v) is 5.56. The standard InChI is InChI=1S/C26H27BN2O4/c1-16-6-4-5-7-17(16)22-18-8-10-20-25(32-14-12-28(20)2)23(18)27(30,31)24-19(22)9-11-21-26(24)33-15-13-29(21)3/h4-11,30-31H,12-15H2,1-3H3. The number of nitrogens with zero attached hydrogens (tertiary/aromatic N) is 2. The lowest BCUT2D eigenvalue weighted by Crippen LogP contribution is -2.69. The molecule has 0 amide bonds. The molecule has 0 radical (unpaired) electrons. The Morgan fingerprint density at radius 1 is 0.909 bits per heavy atom. The Balaban J connectivity index is 1.83. The fraction of sp³-hybridized carbons (Fsp3) is 0.269. The molecule has 0 aliphatic carbocycles. The number of hydrogen-bond acceptors (Lipinski definition) is 5. The molecule has 0 unspecified atom stereocenters. The van der Waals surface area contributed by atoms with Crippen LogP contribution >= 0.6 is 0 Å². The predicted octanol–water partition coefficient (Wildman–Crippen LogP) is -0.561. The molecule has 168 valence electrons. The van der Waals surface area contributed by atoms with Gasteiger partial charge in [0, 0.05) is 13.1 Å². The van der Waals surface area contributed by atoms with E-state index in [1.54, 1.807) is 0 Å². The van der Waals surface area contributed by atoms with E-state index in [0.29, 0.717) is 35.6 Å². The van der Waals surface area contributed by atoms with Crippen LogP contribution in [-0.4, -0.2) is 57.0 Å². The van der Waals surface area contributed by atoms with E-state index < -0.39 is 6.55 Å². The first kappa shape index (κ1) is 20.3. The lowest BCUT2D eigenvalue weighted by molar-refractivity contribution is 0.280. The summed E-state index contributed by atoms with van der Waals surface area (Å²) in [5.41, 5.74) is 5.68. The van der Waals surface area contributed by atoms with Crippen LogP contribution in [0, 0.1) is 6.92 Å². The van der Waals surface area contributed by atoms with Crippen molar-refractivity contribution >= 4 is 28.7 Å². The maximum atomic E-state index is 11.9. The van der Waals surface area contributed by atoms with Gasteiger partial charge in [0.15, 0.2) is 12.3 Å². The molecule has 0 saturated carbocycles. The summed E-state index contributed by atoms with van der Waals surface area (Å²) in [4.78, 5) is 2.10. The zero-order valence-corrected chi connectivity index (χ0v) is 19.1. The summed E-state index contributed by atoms with van der Waals surface area (Å²) < 4.78 is 14.3. The van der Waals surface area contributed by atoms with Crippen LogP contribution in [0.1, 0.15) is 16.7 Å². The van der Waals surface area contributed by atoms with Crippen LogP contribution in [0.4, 0.5) is 5.69 Å². The number of benzene rings is 3. The maximum absolute atomic E-state index is 11.9. The molecule has 0 fully saturated rings. The molecule has 3 aliphatic rings. The Kier molecular flexibility index (Phi) is 4.38. The van der Waals surface area contributed by atoms with Gasteiger partial charge in [0.05, 0.1) is 12.2 Å². The largest absolute Gasteiger partial charge is 0.576 e. The van der Waals surface area contributed by atoms with E-state index in [-0.39, 0.29) is 0 Å². The number of rotatable bonds is 1. The van der Waals surface area contributed by atoms with Gasteiger partial charge in [-0.1, -0.05) is 47.3 Å². The van der Waals surface area contributed by atoms with Crippen molar-refractivity contribution in [2.75, 3.05) is 45.3 Å². The van der Waals surface area contributed by atoms with Crippen molar-refractivity contribution in [3.8, 4) is 11.5 Å². The van der Waals surface area contributed by atoms with Crippen LogP contribution < -0.4 is 40.5 Å². The van der Waals surface area contributed by atoms with Crippen molar-refractivity contribution in [2.45, 2.75) is 6.92 Å². The Labute approximate surface area is 192 Å².